The maximum absolute atomic E-state index is 12.4. The molecule has 3 aromatic rings. The molecule has 0 unspecified atom stereocenters. The van der Waals surface area contributed by atoms with Crippen LogP contribution in [0.3, 0.4) is 0 Å². The number of aromatic amines is 1. The Morgan fingerprint density at radius 2 is 2.06 bits per heavy atom. The normalized spacial score (nSPS) is 14.9. The molecule has 0 spiro atoms. The Morgan fingerprint density at radius 3 is 2.72 bits per heavy atom. The Morgan fingerprint density at radius 1 is 1.28 bits per heavy atom. The van der Waals surface area contributed by atoms with Crippen molar-refractivity contribution in [2.24, 2.45) is 11.7 Å². The number of benzene rings is 1. The molecule has 12 nitrogen and oxygen atoms in total. The average Bonchev–Trinajstić information content (AvgIpc) is 3.28. The number of sulfonamides is 1. The fraction of sp³-hybridized carbons (Fsp3) is 0.391. The third-order valence-electron chi connectivity index (χ3n) is 6.04. The summed E-state index contributed by atoms with van der Waals surface area (Å²) in [6.45, 7) is 3.98. The summed E-state index contributed by atoms with van der Waals surface area (Å²) in [5, 5.41) is 10.0. The van der Waals surface area contributed by atoms with Gasteiger partial charge in [-0.25, -0.2) is 13.4 Å². The summed E-state index contributed by atoms with van der Waals surface area (Å²) in [6.07, 6.45) is 6.52. The molecule has 2 aromatic heterocycles. The summed E-state index contributed by atoms with van der Waals surface area (Å²) in [5.41, 5.74) is 6.96. The Hall–Kier alpha value is -3.71. The second-order valence-corrected chi connectivity index (χ2v) is 10.7. The number of rotatable bonds is 10. The second kappa shape index (κ2) is 10.9. The number of hydrogen-bond acceptors (Lipinski definition) is 9. The van der Waals surface area contributed by atoms with Gasteiger partial charge in [-0.1, -0.05) is 6.07 Å². The van der Waals surface area contributed by atoms with Crippen LogP contribution in [0.4, 0.5) is 17.3 Å². The van der Waals surface area contributed by atoms with Crippen molar-refractivity contribution in [3.05, 3.63) is 42.4 Å². The van der Waals surface area contributed by atoms with Crippen LogP contribution >= 0.6 is 0 Å². The van der Waals surface area contributed by atoms with Gasteiger partial charge in [-0.05, 0) is 58.0 Å². The molecule has 4 rings (SSSR count). The molecule has 1 amide bonds. The summed E-state index contributed by atoms with van der Waals surface area (Å²) in [5.74, 6) is 0.602. The van der Waals surface area contributed by atoms with E-state index in [0.29, 0.717) is 41.0 Å². The van der Waals surface area contributed by atoms with E-state index in [9.17, 15) is 13.2 Å². The molecule has 5 N–H and O–H groups in total. The number of hydrogen-bond donors (Lipinski definition) is 4. The van der Waals surface area contributed by atoms with E-state index in [1.54, 1.807) is 25.1 Å². The van der Waals surface area contributed by atoms with Crippen LogP contribution in [0.15, 0.2) is 36.8 Å². The van der Waals surface area contributed by atoms with E-state index in [1.165, 1.54) is 18.6 Å². The van der Waals surface area contributed by atoms with Crippen molar-refractivity contribution >= 4 is 33.3 Å². The van der Waals surface area contributed by atoms with E-state index in [2.05, 4.69) is 42.2 Å². The molecule has 1 aliphatic rings. The van der Waals surface area contributed by atoms with E-state index in [0.717, 1.165) is 25.9 Å². The van der Waals surface area contributed by atoms with Crippen molar-refractivity contribution in [3.8, 4) is 17.0 Å². The molecule has 192 valence electrons. The van der Waals surface area contributed by atoms with E-state index >= 15 is 0 Å². The molecule has 0 atom stereocenters. The zero-order valence-electron chi connectivity index (χ0n) is 20.2. The molecule has 36 heavy (non-hydrogen) atoms. The van der Waals surface area contributed by atoms with Gasteiger partial charge >= 0.3 is 0 Å². The van der Waals surface area contributed by atoms with Crippen LogP contribution in [0, 0.1) is 5.92 Å². The molecule has 0 radical (unpaired) electrons. The van der Waals surface area contributed by atoms with Gasteiger partial charge in [0, 0.05) is 18.0 Å². The van der Waals surface area contributed by atoms with Crippen LogP contribution in [0.25, 0.3) is 11.3 Å². The van der Waals surface area contributed by atoms with Gasteiger partial charge in [-0.15, -0.1) is 0 Å². The van der Waals surface area contributed by atoms with E-state index < -0.39 is 15.9 Å². The number of amides is 1. The molecule has 1 saturated heterocycles. The van der Waals surface area contributed by atoms with E-state index in [4.69, 9.17) is 10.5 Å². The molecule has 1 aromatic carbocycles. The van der Waals surface area contributed by atoms with Gasteiger partial charge in [0.15, 0.2) is 0 Å². The third kappa shape index (κ3) is 6.10. The van der Waals surface area contributed by atoms with Crippen molar-refractivity contribution < 1.29 is 17.9 Å². The summed E-state index contributed by atoms with van der Waals surface area (Å²) in [6, 6.07) is 4.92. The topological polar surface area (TPSA) is 168 Å². The van der Waals surface area contributed by atoms with Crippen LogP contribution in [0.1, 0.15) is 30.1 Å². The van der Waals surface area contributed by atoms with Gasteiger partial charge in [-0.3, -0.25) is 19.6 Å². The van der Waals surface area contributed by atoms with Crippen LogP contribution in [-0.4, -0.2) is 71.9 Å². The number of nitrogens with two attached hydrogens (primary N) is 1. The Kier molecular flexibility index (Phi) is 7.70. The number of nitrogens with zero attached hydrogens (tertiary/aromatic N) is 4. The number of aromatic nitrogens is 4. The first-order chi connectivity index (χ1) is 17.3. The monoisotopic (exact) mass is 514 g/mol. The number of likely N-dealkylation sites (tertiary alicyclic amines) is 1. The zero-order valence-corrected chi connectivity index (χ0v) is 21.0. The van der Waals surface area contributed by atoms with Crippen LogP contribution in [-0.2, 0) is 10.0 Å². The minimum Gasteiger partial charge on any atom is -0.491 e. The number of primary amides is 1. The van der Waals surface area contributed by atoms with Crippen molar-refractivity contribution in [3.63, 3.8) is 0 Å². The SMILES string of the molecule is CCS(=O)(=O)Nc1ccc(-c2n[nH]c(Nc3cnccn3)c2C(N)=O)cc1OCC1CCN(C)CC1. The molecule has 13 heteroatoms. The summed E-state index contributed by atoms with van der Waals surface area (Å²) in [7, 11) is -1.44. The lowest BCUT2D eigenvalue weighted by atomic mass is 9.98. The quantitative estimate of drug-likeness (QED) is 0.317. The fourth-order valence-corrected chi connectivity index (χ4v) is 4.57. The second-order valence-electron chi connectivity index (χ2n) is 8.68. The largest absolute Gasteiger partial charge is 0.491 e. The van der Waals surface area contributed by atoms with Crippen molar-refractivity contribution in [2.45, 2.75) is 19.8 Å². The maximum atomic E-state index is 12.4. The zero-order chi connectivity index (χ0) is 25.7. The first-order valence-electron chi connectivity index (χ1n) is 11.6. The summed E-state index contributed by atoms with van der Waals surface area (Å²) < 4.78 is 33.2. The van der Waals surface area contributed by atoms with E-state index in [-0.39, 0.29) is 17.1 Å². The Bertz CT molecular complexity index is 1300. The van der Waals surface area contributed by atoms with Crippen LogP contribution < -0.4 is 20.5 Å². The lowest BCUT2D eigenvalue weighted by Gasteiger charge is -2.29. The molecule has 0 saturated carbocycles. The molecule has 3 heterocycles. The van der Waals surface area contributed by atoms with Gasteiger partial charge in [0.25, 0.3) is 5.91 Å². The van der Waals surface area contributed by atoms with Gasteiger partial charge in [-0.2, -0.15) is 5.10 Å². The number of piperidine rings is 1. The highest BCUT2D eigenvalue weighted by atomic mass is 32.2. The number of carbonyl (C=O) groups excluding carboxylic acids is 1. The first-order valence-corrected chi connectivity index (χ1v) is 13.3. The van der Waals surface area contributed by atoms with Crippen LogP contribution in [0.2, 0.25) is 0 Å². The lowest BCUT2D eigenvalue weighted by Crippen LogP contribution is -2.32. The number of nitrogens with one attached hydrogen (secondary N) is 3. The Balaban J connectivity index is 1.66. The number of ether oxygens (including phenoxy) is 1. The van der Waals surface area contributed by atoms with Crippen molar-refractivity contribution in [2.75, 3.05) is 42.5 Å². The molecule has 1 fully saturated rings. The van der Waals surface area contributed by atoms with Crippen LogP contribution in [0.5, 0.6) is 5.75 Å². The fourth-order valence-electron chi connectivity index (χ4n) is 3.92. The van der Waals surface area contributed by atoms with Crippen molar-refractivity contribution in [1.29, 1.82) is 0 Å². The molecular weight excluding hydrogens is 484 g/mol. The summed E-state index contributed by atoms with van der Waals surface area (Å²) >= 11 is 0. The third-order valence-corrected chi connectivity index (χ3v) is 7.33. The standard InChI is InChI=1S/C23H30N8O4S/c1-3-36(33,34)30-17-5-4-16(12-18(17)35-14-15-6-10-31(2)11-7-15)21-20(22(24)32)23(29-28-21)27-19-13-25-8-9-26-19/h4-5,8-9,12-13,15,30H,3,6-7,10-11,14H2,1-2H3,(H2,24,32)(H2,26,27,28,29). The predicted octanol–water partition coefficient (Wildman–Crippen LogP) is 2.19. The Labute approximate surface area is 209 Å². The molecular formula is C23H30N8O4S. The van der Waals surface area contributed by atoms with Gasteiger partial charge in [0.05, 0.1) is 24.2 Å². The maximum Gasteiger partial charge on any atom is 0.254 e. The minimum atomic E-state index is -3.53. The van der Waals surface area contributed by atoms with Gasteiger partial charge in [0.1, 0.15) is 28.6 Å². The van der Waals surface area contributed by atoms with Gasteiger partial charge in [0.2, 0.25) is 10.0 Å². The molecule has 0 bridgehead atoms. The predicted molar refractivity (Wildman–Crippen MR) is 137 cm³/mol. The number of H-pyrrole nitrogens is 1. The highest BCUT2D eigenvalue weighted by molar-refractivity contribution is 7.92. The number of carbonyl (C=O) groups is 1. The van der Waals surface area contributed by atoms with Crippen molar-refractivity contribution in [1.82, 2.24) is 25.1 Å². The lowest BCUT2D eigenvalue weighted by molar-refractivity contribution is 0.100. The first kappa shape index (κ1) is 25.4. The summed E-state index contributed by atoms with van der Waals surface area (Å²) in [4.78, 5) is 22.8. The molecule has 1 aliphatic heterocycles. The number of anilines is 3. The van der Waals surface area contributed by atoms with Gasteiger partial charge < -0.3 is 20.7 Å². The van der Waals surface area contributed by atoms with E-state index in [1.807, 2.05) is 0 Å². The molecule has 0 aliphatic carbocycles. The average molecular weight is 515 g/mol. The highest BCUT2D eigenvalue weighted by Gasteiger charge is 2.23. The minimum absolute atomic E-state index is 0.0776. The smallest absolute Gasteiger partial charge is 0.254 e. The highest BCUT2D eigenvalue weighted by Crippen LogP contribution is 2.35.